The van der Waals surface area contributed by atoms with E-state index in [0.717, 1.165) is 5.56 Å². The molecule has 0 unspecified atom stereocenters. The van der Waals surface area contributed by atoms with Crippen LogP contribution in [0.4, 0.5) is 8.78 Å². The third-order valence-electron chi connectivity index (χ3n) is 5.78. The molecule has 2 amide bonds. The van der Waals surface area contributed by atoms with Crippen molar-refractivity contribution < 1.29 is 23.1 Å². The Morgan fingerprint density at radius 3 is 2.55 bits per heavy atom. The van der Waals surface area contributed by atoms with Gasteiger partial charge in [0.05, 0.1) is 42.3 Å². The van der Waals surface area contributed by atoms with Crippen LogP contribution in [0.15, 0.2) is 42.6 Å². The zero-order valence-electron chi connectivity index (χ0n) is 17.6. The molecular weight excluding hydrogens is 430 g/mol. The van der Waals surface area contributed by atoms with Gasteiger partial charge in [-0.3, -0.25) is 14.6 Å². The van der Waals surface area contributed by atoms with Crippen LogP contribution in [0.5, 0.6) is 0 Å². The van der Waals surface area contributed by atoms with Crippen LogP contribution in [0.25, 0.3) is 11.3 Å². The molecule has 1 saturated heterocycles. The lowest BCUT2D eigenvalue weighted by Crippen LogP contribution is -2.41. The first-order valence-electron chi connectivity index (χ1n) is 10.6. The number of ether oxygens (including phenoxy) is 1. The van der Waals surface area contributed by atoms with Gasteiger partial charge in [-0.25, -0.2) is 13.8 Å². The molecule has 5 rings (SSSR count). The molecule has 4 heterocycles. The fourth-order valence-electron chi connectivity index (χ4n) is 4.13. The largest absolute Gasteiger partial charge is 0.378 e. The minimum atomic E-state index is -0.724. The fraction of sp³-hybridized carbons (Fsp3) is 0.250. The van der Waals surface area contributed by atoms with Gasteiger partial charge in [-0.2, -0.15) is 0 Å². The van der Waals surface area contributed by atoms with Crippen molar-refractivity contribution >= 4 is 11.8 Å². The molecule has 2 aromatic heterocycles. The number of nitrogens with one attached hydrogen (secondary N) is 1. The summed E-state index contributed by atoms with van der Waals surface area (Å²) in [7, 11) is 0. The molecule has 0 bridgehead atoms. The maximum absolute atomic E-state index is 14.4. The van der Waals surface area contributed by atoms with Gasteiger partial charge in [0.25, 0.3) is 11.8 Å². The van der Waals surface area contributed by atoms with E-state index in [-0.39, 0.29) is 29.6 Å². The number of hydrogen-bond donors (Lipinski definition) is 1. The van der Waals surface area contributed by atoms with Crippen LogP contribution in [0.3, 0.4) is 0 Å². The second-order valence-electron chi connectivity index (χ2n) is 7.90. The fourth-order valence-corrected chi connectivity index (χ4v) is 4.13. The predicted molar refractivity (Wildman–Crippen MR) is 115 cm³/mol. The average molecular weight is 450 g/mol. The first-order valence-corrected chi connectivity index (χ1v) is 10.6. The van der Waals surface area contributed by atoms with Gasteiger partial charge in [0.15, 0.2) is 0 Å². The van der Waals surface area contributed by atoms with Crippen LogP contribution in [0, 0.1) is 11.6 Å². The van der Waals surface area contributed by atoms with Gasteiger partial charge < -0.3 is 15.0 Å². The summed E-state index contributed by atoms with van der Waals surface area (Å²) in [5.41, 5.74) is 2.41. The maximum atomic E-state index is 14.4. The number of halogens is 2. The Kier molecular flexibility index (Phi) is 5.55. The molecule has 0 saturated carbocycles. The van der Waals surface area contributed by atoms with E-state index in [4.69, 9.17) is 4.74 Å². The quantitative estimate of drug-likeness (QED) is 0.661. The summed E-state index contributed by atoms with van der Waals surface area (Å²) in [6.07, 6.45) is 1.87. The number of nitrogens with zero attached hydrogens (tertiary/aromatic N) is 3. The first kappa shape index (κ1) is 21.1. The molecule has 3 aromatic rings. The average Bonchev–Trinajstić information content (AvgIpc) is 3.20. The molecule has 33 heavy (non-hydrogen) atoms. The van der Waals surface area contributed by atoms with E-state index in [9.17, 15) is 18.4 Å². The smallest absolute Gasteiger partial charge is 0.272 e. The van der Waals surface area contributed by atoms with Gasteiger partial charge >= 0.3 is 0 Å². The number of benzene rings is 1. The number of rotatable bonds is 4. The van der Waals surface area contributed by atoms with Gasteiger partial charge in [-0.15, -0.1) is 0 Å². The van der Waals surface area contributed by atoms with Crippen molar-refractivity contribution in [3.63, 3.8) is 0 Å². The van der Waals surface area contributed by atoms with Crippen molar-refractivity contribution in [1.82, 2.24) is 20.2 Å². The van der Waals surface area contributed by atoms with E-state index in [0.29, 0.717) is 55.2 Å². The highest BCUT2D eigenvalue weighted by Gasteiger charge is 2.27. The number of hydrogen-bond acceptors (Lipinski definition) is 5. The third-order valence-corrected chi connectivity index (χ3v) is 5.78. The van der Waals surface area contributed by atoms with Gasteiger partial charge in [0.2, 0.25) is 0 Å². The second kappa shape index (κ2) is 8.67. The predicted octanol–water partition coefficient (Wildman–Crippen LogP) is 2.73. The van der Waals surface area contributed by atoms with Crippen molar-refractivity contribution in [2.24, 2.45) is 0 Å². The monoisotopic (exact) mass is 450 g/mol. The van der Waals surface area contributed by atoms with Gasteiger partial charge in [0, 0.05) is 19.3 Å². The topological polar surface area (TPSA) is 84.4 Å². The maximum Gasteiger partial charge on any atom is 0.272 e. The molecule has 7 nitrogen and oxygen atoms in total. The summed E-state index contributed by atoms with van der Waals surface area (Å²) < 4.78 is 34.0. The summed E-state index contributed by atoms with van der Waals surface area (Å²) in [5, 5.41) is 2.71. The van der Waals surface area contributed by atoms with Crippen LogP contribution in [-0.2, 0) is 17.7 Å². The minimum Gasteiger partial charge on any atom is -0.378 e. The van der Waals surface area contributed by atoms with Crippen molar-refractivity contribution in [1.29, 1.82) is 0 Å². The highest BCUT2D eigenvalue weighted by Crippen LogP contribution is 2.30. The Labute approximate surface area is 188 Å². The summed E-state index contributed by atoms with van der Waals surface area (Å²) in [6, 6.07) is 8.59. The minimum absolute atomic E-state index is 0.128. The number of pyridine rings is 2. The van der Waals surface area contributed by atoms with E-state index in [1.807, 2.05) is 0 Å². The van der Waals surface area contributed by atoms with E-state index in [2.05, 4.69) is 15.3 Å². The molecule has 1 aromatic carbocycles. The molecule has 168 valence electrons. The molecule has 1 fully saturated rings. The molecule has 2 aliphatic heterocycles. The van der Waals surface area contributed by atoms with Crippen LogP contribution in [-0.4, -0.2) is 53.0 Å². The molecule has 0 radical (unpaired) electrons. The Bertz CT molecular complexity index is 1220. The van der Waals surface area contributed by atoms with E-state index < -0.39 is 11.6 Å². The Morgan fingerprint density at radius 2 is 1.85 bits per heavy atom. The molecule has 1 N–H and O–H groups in total. The Balaban J connectivity index is 1.46. The Hall–Kier alpha value is -3.72. The van der Waals surface area contributed by atoms with Crippen LogP contribution in [0.2, 0.25) is 0 Å². The lowest BCUT2D eigenvalue weighted by atomic mass is 9.97. The summed E-state index contributed by atoms with van der Waals surface area (Å²) >= 11 is 0. The number of fused-ring (bicyclic) bond motifs is 1. The number of aromatic nitrogens is 2. The zero-order chi connectivity index (χ0) is 22.9. The molecule has 0 spiro atoms. The van der Waals surface area contributed by atoms with Crippen molar-refractivity contribution in [3.05, 3.63) is 82.3 Å². The van der Waals surface area contributed by atoms with Gasteiger partial charge in [0.1, 0.15) is 17.3 Å². The van der Waals surface area contributed by atoms with E-state index in [1.54, 1.807) is 23.2 Å². The first-order chi connectivity index (χ1) is 16.0. The molecule has 2 aliphatic rings. The number of amides is 2. The highest BCUT2D eigenvalue weighted by atomic mass is 19.1. The second-order valence-corrected chi connectivity index (χ2v) is 7.90. The van der Waals surface area contributed by atoms with E-state index >= 15 is 0 Å². The van der Waals surface area contributed by atoms with Crippen LogP contribution in [0.1, 0.15) is 37.7 Å². The SMILES string of the molecule is O=C1NCc2nc(-c3c(F)cccc3F)cc(Cc3ccc(C(=O)N4CCOCC4)nc3)c21. The number of carbonyl (C=O) groups excluding carboxylic acids is 2. The van der Waals surface area contributed by atoms with Crippen molar-refractivity contribution in [2.75, 3.05) is 26.3 Å². The highest BCUT2D eigenvalue weighted by molar-refractivity contribution is 5.99. The molecular formula is C24H20F2N4O3. The molecule has 0 aliphatic carbocycles. The number of carbonyl (C=O) groups is 2. The zero-order valence-corrected chi connectivity index (χ0v) is 17.6. The van der Waals surface area contributed by atoms with Crippen LogP contribution >= 0.6 is 0 Å². The van der Waals surface area contributed by atoms with Gasteiger partial charge in [-0.1, -0.05) is 12.1 Å². The third kappa shape index (κ3) is 4.07. The normalized spacial score (nSPS) is 15.3. The summed E-state index contributed by atoms with van der Waals surface area (Å²) in [4.78, 5) is 35.4. The standard InChI is InChI=1S/C24H20F2N4O3/c25-16-2-1-3-17(26)22(16)19-11-15(21-20(29-19)13-28-23(21)31)10-14-4-5-18(27-12-14)24(32)30-6-8-33-9-7-30/h1-5,11-12H,6-10,13H2,(H,28,31). The lowest BCUT2D eigenvalue weighted by molar-refractivity contribution is 0.0299. The molecule has 9 heteroatoms. The van der Waals surface area contributed by atoms with E-state index in [1.165, 1.54) is 24.3 Å². The van der Waals surface area contributed by atoms with Gasteiger partial charge in [-0.05, 0) is 41.8 Å². The lowest BCUT2D eigenvalue weighted by Gasteiger charge is -2.26. The summed E-state index contributed by atoms with van der Waals surface area (Å²) in [6.45, 7) is 2.25. The van der Waals surface area contributed by atoms with Crippen molar-refractivity contribution in [3.8, 4) is 11.3 Å². The Morgan fingerprint density at radius 1 is 1.09 bits per heavy atom. The van der Waals surface area contributed by atoms with Crippen LogP contribution < -0.4 is 5.32 Å². The number of morpholine rings is 1. The molecule has 0 atom stereocenters. The van der Waals surface area contributed by atoms with Crippen molar-refractivity contribution in [2.45, 2.75) is 13.0 Å². The summed E-state index contributed by atoms with van der Waals surface area (Å²) in [5.74, 6) is -1.89.